The molecule has 134 valence electrons. The number of carboxylic acid groups (broad SMARTS) is 1. The van der Waals surface area contributed by atoms with E-state index in [0.29, 0.717) is 0 Å². The minimum atomic E-state index is -1.44. The lowest BCUT2D eigenvalue weighted by atomic mass is 9.99. The van der Waals surface area contributed by atoms with E-state index in [-0.39, 0.29) is 17.1 Å². The molecule has 1 aliphatic heterocycles. The van der Waals surface area contributed by atoms with E-state index in [1.807, 2.05) is 0 Å². The number of aliphatic hydroxyl groups is 3. The molecule has 1 heterocycles. The quantitative estimate of drug-likeness (QED) is 0.524. The molecule has 0 radical (unpaired) electrons. The van der Waals surface area contributed by atoms with Crippen LogP contribution in [0.4, 0.5) is 0 Å². The van der Waals surface area contributed by atoms with Crippen LogP contribution >= 0.6 is 0 Å². The minimum absolute atomic E-state index is 0.00275. The van der Waals surface area contributed by atoms with Crippen molar-refractivity contribution in [3.63, 3.8) is 0 Å². The summed E-state index contributed by atoms with van der Waals surface area (Å²) in [6.07, 6.45) is -5.89. The molecule has 2 rings (SSSR count). The predicted molar refractivity (Wildman–Crippen MR) is 79.1 cm³/mol. The molecular formula is C15H20O9. The summed E-state index contributed by atoms with van der Waals surface area (Å²) < 4.78 is 21.0. The molecule has 0 unspecified atom stereocenters. The van der Waals surface area contributed by atoms with E-state index in [4.69, 9.17) is 24.1 Å². The van der Waals surface area contributed by atoms with Gasteiger partial charge in [-0.15, -0.1) is 0 Å². The van der Waals surface area contributed by atoms with Gasteiger partial charge in [0.05, 0.1) is 19.3 Å². The van der Waals surface area contributed by atoms with Gasteiger partial charge in [0.25, 0.3) is 0 Å². The Kier molecular flexibility index (Phi) is 5.97. The number of carbonyl (C=O) groups is 1. The van der Waals surface area contributed by atoms with E-state index < -0.39 is 43.3 Å². The summed E-state index contributed by atoms with van der Waals surface area (Å²) in [5.74, 6) is -0.895. The highest BCUT2D eigenvalue weighted by molar-refractivity contribution is 5.88. The normalized spacial score (nSPS) is 30.0. The van der Waals surface area contributed by atoms with Crippen LogP contribution in [-0.4, -0.2) is 77.9 Å². The Morgan fingerprint density at radius 2 is 1.92 bits per heavy atom. The summed E-state index contributed by atoms with van der Waals surface area (Å²) in [4.78, 5) is 11.0. The van der Waals surface area contributed by atoms with Gasteiger partial charge in [0, 0.05) is 7.11 Å². The number of methoxy groups -OCH3 is 2. The lowest BCUT2D eigenvalue weighted by Crippen LogP contribution is -2.60. The second-order valence-corrected chi connectivity index (χ2v) is 5.20. The number of rotatable bonds is 6. The van der Waals surface area contributed by atoms with Crippen molar-refractivity contribution < 1.29 is 44.2 Å². The van der Waals surface area contributed by atoms with Gasteiger partial charge in [-0.25, -0.2) is 4.79 Å². The van der Waals surface area contributed by atoms with Crippen LogP contribution in [0.5, 0.6) is 11.5 Å². The van der Waals surface area contributed by atoms with Gasteiger partial charge in [-0.3, -0.25) is 0 Å². The Bertz CT molecular complexity index is 574. The Labute approximate surface area is 138 Å². The molecule has 5 atom stereocenters. The van der Waals surface area contributed by atoms with Gasteiger partial charge < -0.3 is 39.4 Å². The molecule has 0 saturated carbocycles. The molecule has 9 heteroatoms. The highest BCUT2D eigenvalue weighted by Gasteiger charge is 2.46. The average Bonchev–Trinajstić information content (AvgIpc) is 2.58. The fraction of sp³-hybridized carbons (Fsp3) is 0.533. The highest BCUT2D eigenvalue weighted by Crippen LogP contribution is 2.32. The summed E-state index contributed by atoms with van der Waals surface area (Å²) in [6, 6.07) is 3.90. The van der Waals surface area contributed by atoms with E-state index in [1.165, 1.54) is 32.4 Å². The first-order valence-corrected chi connectivity index (χ1v) is 7.16. The van der Waals surface area contributed by atoms with E-state index in [1.54, 1.807) is 0 Å². The first-order valence-electron chi connectivity index (χ1n) is 7.16. The van der Waals surface area contributed by atoms with Crippen LogP contribution in [-0.2, 0) is 9.47 Å². The van der Waals surface area contributed by atoms with Crippen LogP contribution in [0, 0.1) is 0 Å². The maximum atomic E-state index is 11.0. The second-order valence-electron chi connectivity index (χ2n) is 5.20. The zero-order valence-electron chi connectivity index (χ0n) is 13.2. The lowest BCUT2D eigenvalue weighted by molar-refractivity contribution is -0.282. The molecule has 1 aromatic rings. The van der Waals surface area contributed by atoms with E-state index >= 15 is 0 Å². The number of hydrogen-bond acceptors (Lipinski definition) is 8. The molecule has 0 bridgehead atoms. The van der Waals surface area contributed by atoms with Crippen LogP contribution in [0.1, 0.15) is 10.4 Å². The van der Waals surface area contributed by atoms with Crippen LogP contribution in [0.15, 0.2) is 18.2 Å². The molecule has 0 aliphatic carbocycles. The van der Waals surface area contributed by atoms with Crippen molar-refractivity contribution in [1.29, 1.82) is 0 Å². The molecule has 9 nitrogen and oxygen atoms in total. The smallest absolute Gasteiger partial charge is 0.335 e. The number of aliphatic hydroxyl groups excluding tert-OH is 3. The van der Waals surface area contributed by atoms with Gasteiger partial charge in [-0.05, 0) is 18.2 Å². The van der Waals surface area contributed by atoms with Crippen molar-refractivity contribution in [1.82, 2.24) is 0 Å². The Balaban J connectivity index is 2.22. The first-order chi connectivity index (χ1) is 11.4. The number of ether oxygens (including phenoxy) is 4. The zero-order valence-corrected chi connectivity index (χ0v) is 13.2. The molecule has 1 fully saturated rings. The van der Waals surface area contributed by atoms with Gasteiger partial charge in [0.15, 0.2) is 11.5 Å². The molecule has 4 N–H and O–H groups in total. The summed E-state index contributed by atoms with van der Waals surface area (Å²) >= 11 is 0. The fourth-order valence-electron chi connectivity index (χ4n) is 2.46. The van der Waals surface area contributed by atoms with Gasteiger partial charge in [0.1, 0.15) is 24.4 Å². The predicted octanol–water partition coefficient (Wildman–Crippen LogP) is -0.774. The van der Waals surface area contributed by atoms with Crippen molar-refractivity contribution >= 4 is 5.97 Å². The minimum Gasteiger partial charge on any atom is -0.493 e. The van der Waals surface area contributed by atoms with E-state index in [0.717, 1.165) is 0 Å². The third kappa shape index (κ3) is 3.60. The van der Waals surface area contributed by atoms with E-state index in [9.17, 15) is 20.1 Å². The number of aromatic carboxylic acids is 1. The maximum absolute atomic E-state index is 11.0. The SMILES string of the molecule is COc1cc(C(=O)O)ccc1O[C@@H]1O[C@H](CO)[C@@H](OC)[C@H](O)[C@H]1O. The zero-order chi connectivity index (χ0) is 17.9. The number of hydrogen-bond donors (Lipinski definition) is 4. The van der Waals surface area contributed by atoms with Crippen LogP contribution < -0.4 is 9.47 Å². The van der Waals surface area contributed by atoms with Gasteiger partial charge >= 0.3 is 5.97 Å². The average molecular weight is 344 g/mol. The van der Waals surface area contributed by atoms with Crippen molar-refractivity contribution in [3.05, 3.63) is 23.8 Å². The Morgan fingerprint density at radius 1 is 1.21 bits per heavy atom. The summed E-state index contributed by atoms with van der Waals surface area (Å²) in [6.45, 7) is -0.447. The molecule has 1 saturated heterocycles. The summed E-state index contributed by atoms with van der Waals surface area (Å²) in [5.41, 5.74) is -0.00275. The monoisotopic (exact) mass is 344 g/mol. The van der Waals surface area contributed by atoms with Gasteiger partial charge in [-0.1, -0.05) is 0 Å². The third-order valence-corrected chi connectivity index (χ3v) is 3.75. The molecule has 1 aliphatic rings. The molecule has 0 aromatic heterocycles. The molecule has 0 spiro atoms. The van der Waals surface area contributed by atoms with Crippen LogP contribution in [0.3, 0.4) is 0 Å². The third-order valence-electron chi connectivity index (χ3n) is 3.75. The Morgan fingerprint density at radius 3 is 2.46 bits per heavy atom. The highest BCUT2D eigenvalue weighted by atomic mass is 16.7. The van der Waals surface area contributed by atoms with Crippen molar-refractivity contribution in [2.75, 3.05) is 20.8 Å². The maximum Gasteiger partial charge on any atom is 0.335 e. The number of carboxylic acids is 1. The van der Waals surface area contributed by atoms with Gasteiger partial charge in [-0.2, -0.15) is 0 Å². The second kappa shape index (κ2) is 7.77. The van der Waals surface area contributed by atoms with Gasteiger partial charge in [0.2, 0.25) is 6.29 Å². The molecule has 24 heavy (non-hydrogen) atoms. The van der Waals surface area contributed by atoms with Crippen molar-refractivity contribution in [2.24, 2.45) is 0 Å². The van der Waals surface area contributed by atoms with Crippen molar-refractivity contribution in [3.8, 4) is 11.5 Å². The Hall–Kier alpha value is -1.91. The first kappa shape index (κ1) is 18.4. The largest absolute Gasteiger partial charge is 0.493 e. The molecule has 1 aromatic carbocycles. The summed E-state index contributed by atoms with van der Waals surface area (Å²) in [5, 5.41) is 38.5. The summed E-state index contributed by atoms with van der Waals surface area (Å²) in [7, 11) is 2.65. The fourth-order valence-corrected chi connectivity index (χ4v) is 2.46. The van der Waals surface area contributed by atoms with Crippen LogP contribution in [0.25, 0.3) is 0 Å². The lowest BCUT2D eigenvalue weighted by Gasteiger charge is -2.41. The standard InChI is InChI=1S/C15H20O9/c1-21-9-5-7(14(19)20)3-4-8(9)23-15-12(18)11(17)13(22-2)10(6-16)24-15/h3-5,10-13,15-18H,6H2,1-2H3,(H,19,20)/t10-,11-,12-,13-,15-/m1/s1. The van der Waals surface area contributed by atoms with E-state index in [2.05, 4.69) is 0 Å². The molecular weight excluding hydrogens is 324 g/mol. The van der Waals surface area contributed by atoms with Crippen molar-refractivity contribution in [2.45, 2.75) is 30.7 Å². The molecule has 0 amide bonds. The topological polar surface area (TPSA) is 135 Å². The number of benzene rings is 1. The van der Waals surface area contributed by atoms with Crippen LogP contribution in [0.2, 0.25) is 0 Å².